The average molecular weight is 742 g/mol. The van der Waals surface area contributed by atoms with Gasteiger partial charge in [-0.25, -0.2) is 0 Å². The Labute approximate surface area is 330 Å². The van der Waals surface area contributed by atoms with E-state index in [2.05, 4.69) is 127 Å². The van der Waals surface area contributed by atoms with Crippen molar-refractivity contribution in [1.82, 2.24) is 5.32 Å². The summed E-state index contributed by atoms with van der Waals surface area (Å²) in [6.07, 6.45) is 48.7. The molecule has 0 saturated carbocycles. The molecular formula is C48H87NO4. The van der Waals surface area contributed by atoms with Gasteiger partial charge in [-0.05, 0) is 97.3 Å². The molecule has 0 fully saturated rings. The van der Waals surface area contributed by atoms with Gasteiger partial charge in [0.05, 0.1) is 19.1 Å². The van der Waals surface area contributed by atoms with E-state index in [0.717, 1.165) is 70.6 Å². The number of rotatable bonds is 31. The molecule has 0 aliphatic rings. The van der Waals surface area contributed by atoms with Gasteiger partial charge in [0.25, 0.3) is 0 Å². The first kappa shape index (κ1) is 54.7. The molecule has 0 radical (unpaired) electrons. The topological polar surface area (TPSA) is 64.6 Å². The molecule has 0 amide bonds. The van der Waals surface area contributed by atoms with Gasteiger partial charge in [0.15, 0.2) is 0 Å². The summed E-state index contributed by atoms with van der Waals surface area (Å²) in [5.74, 6) is 0.0358. The first-order valence-electron chi connectivity index (χ1n) is 21.7. The molecule has 1 atom stereocenters. The Balaban J connectivity index is -0.000000800. The average Bonchev–Trinajstić information content (AvgIpc) is 3.12. The number of hydrogen-bond acceptors (Lipinski definition) is 5. The number of nitrogens with one attached hydrogen (secondary N) is 1. The molecule has 5 heteroatoms. The molecule has 0 aromatic rings. The number of esters is 2. The molecule has 0 heterocycles. The van der Waals surface area contributed by atoms with E-state index in [1.807, 2.05) is 13.8 Å². The van der Waals surface area contributed by atoms with Crippen molar-refractivity contribution < 1.29 is 19.1 Å². The van der Waals surface area contributed by atoms with Crippen molar-refractivity contribution in [3.63, 3.8) is 0 Å². The quantitative estimate of drug-likeness (QED) is 0.0435. The van der Waals surface area contributed by atoms with Crippen LogP contribution in [-0.2, 0) is 19.1 Å². The molecule has 5 nitrogen and oxygen atoms in total. The fourth-order valence-corrected chi connectivity index (χ4v) is 5.37. The molecule has 0 rings (SSSR count). The minimum absolute atomic E-state index is 0.0128. The number of carbonyl (C=O) groups excluding carboxylic acids is 2. The lowest BCUT2D eigenvalue weighted by molar-refractivity contribution is -0.148. The van der Waals surface area contributed by atoms with Crippen molar-refractivity contribution in [2.24, 2.45) is 5.92 Å². The molecular weight excluding hydrogens is 655 g/mol. The molecule has 53 heavy (non-hydrogen) atoms. The SMILES string of the molecule is CC(C)NC(C)C.CC/C=C\C/C=C\C/C=C\CCCCCCC(CC)C(=O)OCC.CC/C=C\C/C=C\C/C=C\CCCCCCCC(=O)OCC. The molecule has 0 bridgehead atoms. The van der Waals surface area contributed by atoms with Crippen LogP contribution < -0.4 is 5.32 Å². The fraction of sp³-hybridized carbons (Fsp3) is 0.708. The van der Waals surface area contributed by atoms with Crippen LogP contribution in [0.25, 0.3) is 0 Å². The van der Waals surface area contributed by atoms with Crippen LogP contribution in [0.5, 0.6) is 0 Å². The standard InChI is InChI=1S/C22H38O2.C20H34O2.C6H15N/c1-4-7-8-9-10-11-12-13-14-15-16-17-18-19-20-21(5-2)22(23)24-6-3;1-3-5-6-7-8-9-10-11-12-13-14-15-16-17-18-19-20(21)22-4-2;1-5(2)7-6(3)4/h7-8,10-11,13-14,21H,4-6,9,12,15-20H2,1-3H3;5-6,8-9,11-12H,3-4,7,10,13-19H2,1-2H3;5-7H,1-4H3/b8-7-,11-10-,14-13-;6-5-,9-8-,12-11-;. The van der Waals surface area contributed by atoms with E-state index in [1.165, 1.54) is 51.4 Å². The summed E-state index contributed by atoms with van der Waals surface area (Å²) in [4.78, 5) is 22.8. The maximum atomic E-state index is 11.7. The Hall–Kier alpha value is -2.66. The van der Waals surface area contributed by atoms with Gasteiger partial charge in [-0.3, -0.25) is 9.59 Å². The van der Waals surface area contributed by atoms with Crippen molar-refractivity contribution in [2.75, 3.05) is 13.2 Å². The molecule has 0 aromatic carbocycles. The third-order valence-electron chi connectivity index (χ3n) is 8.07. The largest absolute Gasteiger partial charge is 0.466 e. The Kier molecular flexibility index (Phi) is 48.9. The molecule has 1 N–H and O–H groups in total. The molecule has 308 valence electrons. The summed E-state index contributed by atoms with van der Waals surface area (Å²) in [5, 5.41) is 3.31. The van der Waals surface area contributed by atoms with Crippen LogP contribution in [0.1, 0.15) is 191 Å². The Bertz CT molecular complexity index is 935. The summed E-state index contributed by atoms with van der Waals surface area (Å²) in [5.41, 5.74) is 0. The number of carbonyl (C=O) groups is 2. The molecule has 0 spiro atoms. The van der Waals surface area contributed by atoms with E-state index < -0.39 is 0 Å². The molecule has 0 aromatic heterocycles. The van der Waals surface area contributed by atoms with Crippen molar-refractivity contribution >= 4 is 11.9 Å². The van der Waals surface area contributed by atoms with Gasteiger partial charge < -0.3 is 14.8 Å². The smallest absolute Gasteiger partial charge is 0.308 e. The van der Waals surface area contributed by atoms with Gasteiger partial charge in [-0.2, -0.15) is 0 Å². The minimum Gasteiger partial charge on any atom is -0.466 e. The fourth-order valence-electron chi connectivity index (χ4n) is 5.37. The second kappa shape index (κ2) is 47.4. The number of allylic oxidation sites excluding steroid dienone is 12. The summed E-state index contributed by atoms with van der Waals surface area (Å²) < 4.78 is 10.0. The van der Waals surface area contributed by atoms with E-state index in [-0.39, 0.29) is 17.9 Å². The van der Waals surface area contributed by atoms with Crippen LogP contribution in [0.4, 0.5) is 0 Å². The van der Waals surface area contributed by atoms with Crippen molar-refractivity contribution in [2.45, 2.75) is 203 Å². The monoisotopic (exact) mass is 742 g/mol. The van der Waals surface area contributed by atoms with Gasteiger partial charge in [-0.15, -0.1) is 0 Å². The lowest BCUT2D eigenvalue weighted by Gasteiger charge is -2.12. The highest BCUT2D eigenvalue weighted by Crippen LogP contribution is 2.16. The Morgan fingerprint density at radius 2 is 0.887 bits per heavy atom. The second-order valence-corrected chi connectivity index (χ2v) is 14.0. The van der Waals surface area contributed by atoms with Crippen molar-refractivity contribution in [1.29, 1.82) is 0 Å². The van der Waals surface area contributed by atoms with E-state index >= 15 is 0 Å². The van der Waals surface area contributed by atoms with Crippen LogP contribution >= 0.6 is 0 Å². The third-order valence-corrected chi connectivity index (χ3v) is 8.07. The van der Waals surface area contributed by atoms with Gasteiger partial charge >= 0.3 is 11.9 Å². The van der Waals surface area contributed by atoms with E-state index in [1.54, 1.807) is 0 Å². The van der Waals surface area contributed by atoms with Gasteiger partial charge in [0.2, 0.25) is 0 Å². The third kappa shape index (κ3) is 51.5. The summed E-state index contributed by atoms with van der Waals surface area (Å²) in [7, 11) is 0. The zero-order valence-corrected chi connectivity index (χ0v) is 36.3. The van der Waals surface area contributed by atoms with Crippen molar-refractivity contribution in [3.8, 4) is 0 Å². The van der Waals surface area contributed by atoms with Crippen LogP contribution in [0, 0.1) is 5.92 Å². The number of ether oxygens (including phenoxy) is 2. The van der Waals surface area contributed by atoms with E-state index in [4.69, 9.17) is 9.47 Å². The molecule has 0 saturated heterocycles. The summed E-state index contributed by atoms with van der Waals surface area (Å²) >= 11 is 0. The van der Waals surface area contributed by atoms with Crippen LogP contribution in [0.3, 0.4) is 0 Å². The highest BCUT2D eigenvalue weighted by molar-refractivity contribution is 5.72. The molecule has 1 unspecified atom stereocenters. The molecule has 0 aliphatic carbocycles. The maximum absolute atomic E-state index is 11.7. The van der Waals surface area contributed by atoms with Gasteiger partial charge in [0, 0.05) is 18.5 Å². The van der Waals surface area contributed by atoms with Crippen LogP contribution in [0.2, 0.25) is 0 Å². The predicted octanol–water partition coefficient (Wildman–Crippen LogP) is 14.3. The van der Waals surface area contributed by atoms with Gasteiger partial charge in [-0.1, -0.05) is 160 Å². The van der Waals surface area contributed by atoms with E-state index in [9.17, 15) is 9.59 Å². The summed E-state index contributed by atoms with van der Waals surface area (Å²) in [6.45, 7) is 19.7. The highest BCUT2D eigenvalue weighted by Gasteiger charge is 2.16. The number of hydrogen-bond donors (Lipinski definition) is 1. The normalized spacial score (nSPS) is 12.4. The number of unbranched alkanes of at least 4 members (excludes halogenated alkanes) is 9. The lowest BCUT2D eigenvalue weighted by atomic mass is 9.98. The highest BCUT2D eigenvalue weighted by atomic mass is 16.5. The minimum atomic E-state index is -0.0522. The van der Waals surface area contributed by atoms with Crippen LogP contribution in [-0.4, -0.2) is 37.2 Å². The maximum Gasteiger partial charge on any atom is 0.308 e. The Morgan fingerprint density at radius 1 is 0.491 bits per heavy atom. The van der Waals surface area contributed by atoms with Crippen LogP contribution in [0.15, 0.2) is 72.9 Å². The van der Waals surface area contributed by atoms with E-state index in [0.29, 0.717) is 31.7 Å². The van der Waals surface area contributed by atoms with Gasteiger partial charge in [0.1, 0.15) is 0 Å². The predicted molar refractivity (Wildman–Crippen MR) is 234 cm³/mol. The lowest BCUT2D eigenvalue weighted by Crippen LogP contribution is -2.29. The first-order valence-corrected chi connectivity index (χ1v) is 21.7. The summed E-state index contributed by atoms with van der Waals surface area (Å²) in [6, 6.07) is 1.25. The zero-order chi connectivity index (χ0) is 40.0. The second-order valence-electron chi connectivity index (χ2n) is 14.0. The zero-order valence-electron chi connectivity index (χ0n) is 36.3. The molecule has 0 aliphatic heterocycles. The first-order chi connectivity index (χ1) is 25.7. The van der Waals surface area contributed by atoms with Crippen molar-refractivity contribution in [3.05, 3.63) is 72.9 Å². The Morgan fingerprint density at radius 3 is 1.28 bits per heavy atom.